The summed E-state index contributed by atoms with van der Waals surface area (Å²) in [5.41, 5.74) is 12.6. The van der Waals surface area contributed by atoms with Crippen molar-refractivity contribution in [3.05, 3.63) is 47.5 Å². The molecule has 1 aliphatic rings. The Morgan fingerprint density at radius 2 is 1.93 bits per heavy atom. The number of aromatic nitrogens is 2. The van der Waals surface area contributed by atoms with Gasteiger partial charge < -0.3 is 16.0 Å². The van der Waals surface area contributed by atoms with Gasteiger partial charge in [0.1, 0.15) is 5.82 Å². The molecule has 1 aromatic carbocycles. The number of aryl methyl sites for hydroxylation is 1. The predicted octanol–water partition coefficient (Wildman–Crippen LogP) is 3.81. The Morgan fingerprint density at radius 3 is 2.70 bits per heavy atom. The number of hydrogen-bond acceptors (Lipinski definition) is 6. The molecule has 0 aliphatic carbocycles. The second kappa shape index (κ2) is 8.40. The molecule has 0 spiro atoms. The molecule has 0 radical (unpaired) electrons. The zero-order chi connectivity index (χ0) is 21.3. The highest BCUT2D eigenvalue weighted by Gasteiger charge is 2.23. The van der Waals surface area contributed by atoms with Crippen LogP contribution in [0.4, 0.5) is 11.5 Å². The van der Waals surface area contributed by atoms with Crippen LogP contribution in [0.5, 0.6) is 0 Å². The summed E-state index contributed by atoms with van der Waals surface area (Å²) in [6, 6.07) is 13.4. The van der Waals surface area contributed by atoms with Crippen LogP contribution in [0.2, 0.25) is 0 Å². The molecule has 156 valence electrons. The lowest BCUT2D eigenvalue weighted by molar-refractivity contribution is 0.492. The summed E-state index contributed by atoms with van der Waals surface area (Å²) in [4.78, 5) is 16.2. The maximum atomic E-state index is 6.19. The summed E-state index contributed by atoms with van der Waals surface area (Å²) in [5, 5.41) is 3.63. The summed E-state index contributed by atoms with van der Waals surface area (Å²) < 4.78 is 0. The van der Waals surface area contributed by atoms with Crippen LogP contribution < -0.4 is 16.0 Å². The van der Waals surface area contributed by atoms with Gasteiger partial charge in [-0.05, 0) is 55.3 Å². The molecule has 6 heteroatoms. The summed E-state index contributed by atoms with van der Waals surface area (Å²) >= 11 is 0. The standard InChI is InChI=1S/C24H30N6/c1-15(2)27-19-9-10-30(14-19)23-8-7-21-22(29-23)6-5-20(28-21)17-11-16(3)24(25)18(12-17)13-26-4/h5-8,11-13,15,19,27H,9-10,14,25H2,1-4H3. The van der Waals surface area contributed by atoms with E-state index in [1.54, 1.807) is 13.3 Å². The third kappa shape index (κ3) is 4.14. The molecule has 30 heavy (non-hydrogen) atoms. The molecule has 3 aromatic rings. The number of nitrogens with one attached hydrogen (secondary N) is 1. The first kappa shape index (κ1) is 20.3. The zero-order valence-electron chi connectivity index (χ0n) is 18.2. The number of nitrogen functional groups attached to an aromatic ring is 1. The molecule has 2 aromatic heterocycles. The number of nitrogens with zero attached hydrogens (tertiary/aromatic N) is 4. The van der Waals surface area contributed by atoms with Crippen LogP contribution in [-0.4, -0.2) is 48.4 Å². The minimum atomic E-state index is 0.503. The third-order valence-electron chi connectivity index (χ3n) is 5.59. The number of rotatable bonds is 5. The minimum Gasteiger partial charge on any atom is -0.398 e. The average Bonchev–Trinajstić information content (AvgIpc) is 3.18. The van der Waals surface area contributed by atoms with Crippen LogP contribution in [0.15, 0.2) is 41.4 Å². The summed E-state index contributed by atoms with van der Waals surface area (Å²) in [7, 11) is 1.75. The molecule has 1 atom stereocenters. The first-order chi connectivity index (χ1) is 14.4. The van der Waals surface area contributed by atoms with E-state index in [4.69, 9.17) is 15.7 Å². The molecular weight excluding hydrogens is 372 g/mol. The van der Waals surface area contributed by atoms with Crippen molar-refractivity contribution in [1.29, 1.82) is 0 Å². The van der Waals surface area contributed by atoms with Gasteiger partial charge in [-0.3, -0.25) is 4.99 Å². The van der Waals surface area contributed by atoms with Crippen molar-refractivity contribution in [3.8, 4) is 11.3 Å². The maximum Gasteiger partial charge on any atom is 0.129 e. The Bertz CT molecular complexity index is 1090. The lowest BCUT2D eigenvalue weighted by Gasteiger charge is -2.19. The molecule has 4 rings (SSSR count). The van der Waals surface area contributed by atoms with E-state index in [0.29, 0.717) is 12.1 Å². The van der Waals surface area contributed by atoms with E-state index in [2.05, 4.69) is 53.3 Å². The van der Waals surface area contributed by atoms with Crippen LogP contribution in [0, 0.1) is 6.92 Å². The fourth-order valence-electron chi connectivity index (χ4n) is 4.13. The number of pyridine rings is 2. The third-order valence-corrected chi connectivity index (χ3v) is 5.59. The molecule has 1 aliphatic heterocycles. The number of anilines is 2. The second-order valence-electron chi connectivity index (χ2n) is 8.34. The lowest BCUT2D eigenvalue weighted by Crippen LogP contribution is -2.37. The van der Waals surface area contributed by atoms with Crippen LogP contribution >= 0.6 is 0 Å². The number of aliphatic imine (C=N–C) groups is 1. The van der Waals surface area contributed by atoms with Crippen molar-refractivity contribution in [1.82, 2.24) is 15.3 Å². The highest BCUT2D eigenvalue weighted by atomic mass is 15.2. The van der Waals surface area contributed by atoms with Crippen molar-refractivity contribution in [2.24, 2.45) is 4.99 Å². The lowest BCUT2D eigenvalue weighted by atomic mass is 10.0. The smallest absolute Gasteiger partial charge is 0.129 e. The summed E-state index contributed by atoms with van der Waals surface area (Å²) in [5.74, 6) is 1.02. The summed E-state index contributed by atoms with van der Waals surface area (Å²) in [6.07, 6.45) is 2.94. The van der Waals surface area contributed by atoms with Gasteiger partial charge >= 0.3 is 0 Å². The van der Waals surface area contributed by atoms with Crippen molar-refractivity contribution in [3.63, 3.8) is 0 Å². The van der Waals surface area contributed by atoms with Gasteiger partial charge in [-0.15, -0.1) is 0 Å². The van der Waals surface area contributed by atoms with Crippen LogP contribution in [0.1, 0.15) is 31.4 Å². The Kier molecular flexibility index (Phi) is 5.68. The van der Waals surface area contributed by atoms with Gasteiger partial charge in [-0.2, -0.15) is 0 Å². The van der Waals surface area contributed by atoms with E-state index >= 15 is 0 Å². The molecule has 3 N–H and O–H groups in total. The van der Waals surface area contributed by atoms with Crippen molar-refractivity contribution in [2.45, 2.75) is 39.3 Å². The molecular formula is C24H30N6. The summed E-state index contributed by atoms with van der Waals surface area (Å²) in [6.45, 7) is 8.43. The second-order valence-corrected chi connectivity index (χ2v) is 8.34. The van der Waals surface area contributed by atoms with Gasteiger partial charge in [0, 0.05) is 55.2 Å². The largest absolute Gasteiger partial charge is 0.398 e. The van der Waals surface area contributed by atoms with Crippen LogP contribution in [0.3, 0.4) is 0 Å². The number of fused-ring (bicyclic) bond motifs is 1. The molecule has 1 fully saturated rings. The highest BCUT2D eigenvalue weighted by Crippen LogP contribution is 2.28. The monoisotopic (exact) mass is 402 g/mol. The van der Waals surface area contributed by atoms with Crippen molar-refractivity contribution < 1.29 is 0 Å². The van der Waals surface area contributed by atoms with E-state index in [1.807, 2.05) is 19.1 Å². The number of benzene rings is 1. The van der Waals surface area contributed by atoms with Gasteiger partial charge in [0.25, 0.3) is 0 Å². The Balaban J connectivity index is 1.62. The normalized spacial score (nSPS) is 17.0. The fraction of sp³-hybridized carbons (Fsp3) is 0.375. The Hall–Kier alpha value is -2.99. The zero-order valence-corrected chi connectivity index (χ0v) is 18.2. The number of nitrogens with two attached hydrogens (primary N) is 1. The van der Waals surface area contributed by atoms with Gasteiger partial charge in [-0.25, -0.2) is 9.97 Å². The van der Waals surface area contributed by atoms with Gasteiger partial charge in [0.2, 0.25) is 0 Å². The van der Waals surface area contributed by atoms with E-state index in [-0.39, 0.29) is 0 Å². The Labute approximate surface area is 178 Å². The predicted molar refractivity (Wildman–Crippen MR) is 127 cm³/mol. The number of hydrogen-bond donors (Lipinski definition) is 2. The molecule has 6 nitrogen and oxygen atoms in total. The van der Waals surface area contributed by atoms with Crippen molar-refractivity contribution >= 4 is 28.8 Å². The molecule has 3 heterocycles. The molecule has 0 amide bonds. The molecule has 1 saturated heterocycles. The van der Waals surface area contributed by atoms with Crippen molar-refractivity contribution in [2.75, 3.05) is 30.8 Å². The van der Waals surface area contributed by atoms with Gasteiger partial charge in [-0.1, -0.05) is 13.8 Å². The Morgan fingerprint density at radius 1 is 1.17 bits per heavy atom. The first-order valence-electron chi connectivity index (χ1n) is 10.6. The van der Waals surface area contributed by atoms with Crippen LogP contribution in [0.25, 0.3) is 22.3 Å². The molecule has 0 saturated carbocycles. The molecule has 1 unspecified atom stereocenters. The first-order valence-corrected chi connectivity index (χ1v) is 10.6. The fourth-order valence-corrected chi connectivity index (χ4v) is 4.13. The quantitative estimate of drug-likeness (QED) is 0.501. The van der Waals surface area contributed by atoms with E-state index in [9.17, 15) is 0 Å². The highest BCUT2D eigenvalue weighted by molar-refractivity contribution is 5.91. The van der Waals surface area contributed by atoms with E-state index in [1.165, 1.54) is 0 Å². The van der Waals surface area contributed by atoms with Crippen LogP contribution in [-0.2, 0) is 0 Å². The average molecular weight is 403 g/mol. The minimum absolute atomic E-state index is 0.503. The van der Waals surface area contributed by atoms with Gasteiger partial charge in [0.15, 0.2) is 0 Å². The SMILES string of the molecule is CN=Cc1cc(-c2ccc3nc(N4CCC(NC(C)C)C4)ccc3n2)cc(C)c1N. The topological polar surface area (TPSA) is 79.4 Å². The van der Waals surface area contributed by atoms with Gasteiger partial charge in [0.05, 0.1) is 16.7 Å². The van der Waals surface area contributed by atoms with E-state index < -0.39 is 0 Å². The maximum absolute atomic E-state index is 6.19. The van der Waals surface area contributed by atoms with E-state index in [0.717, 1.165) is 64.4 Å². The molecule has 0 bridgehead atoms.